The van der Waals surface area contributed by atoms with Crippen LogP contribution in [0.2, 0.25) is 10.0 Å². The van der Waals surface area contributed by atoms with Gasteiger partial charge in [0, 0.05) is 16.8 Å². The summed E-state index contributed by atoms with van der Waals surface area (Å²) >= 11 is 12.0. The van der Waals surface area contributed by atoms with Crippen molar-refractivity contribution in [1.82, 2.24) is 5.43 Å². The summed E-state index contributed by atoms with van der Waals surface area (Å²) in [6.45, 7) is -0.559. The number of rotatable bonds is 7. The van der Waals surface area contributed by atoms with Gasteiger partial charge < -0.3 is 10.1 Å². The number of nitrogens with zero attached hydrogens (tertiary/aromatic N) is 2. The van der Waals surface area contributed by atoms with Crippen LogP contribution in [0.25, 0.3) is 6.08 Å². The smallest absolute Gasteiger partial charge is 0.313 e. The van der Waals surface area contributed by atoms with E-state index >= 15 is 0 Å². The maximum atomic E-state index is 12.8. The van der Waals surface area contributed by atoms with Crippen LogP contribution in [-0.2, 0) is 14.4 Å². The molecule has 182 valence electrons. The molecular formula is C24H16Cl2N4O6. The lowest BCUT2D eigenvalue weighted by atomic mass is 10.1. The van der Waals surface area contributed by atoms with Crippen LogP contribution in [-0.4, -0.2) is 29.3 Å². The second-order valence-electron chi connectivity index (χ2n) is 7.43. The number of amides is 3. The number of anilines is 2. The van der Waals surface area contributed by atoms with Gasteiger partial charge >= 0.3 is 5.69 Å². The molecule has 3 aromatic carbocycles. The highest BCUT2D eigenvalue weighted by Gasteiger charge is 2.34. The molecule has 0 spiro atoms. The highest BCUT2D eigenvalue weighted by molar-refractivity contribution is 6.33. The molecule has 36 heavy (non-hydrogen) atoms. The second kappa shape index (κ2) is 10.5. The highest BCUT2D eigenvalue weighted by atomic mass is 35.5. The number of hydrogen-bond donors (Lipinski definition) is 2. The Kier molecular flexibility index (Phi) is 7.18. The molecule has 1 aliphatic heterocycles. The van der Waals surface area contributed by atoms with E-state index in [1.54, 1.807) is 54.6 Å². The van der Waals surface area contributed by atoms with E-state index in [0.29, 0.717) is 16.4 Å². The summed E-state index contributed by atoms with van der Waals surface area (Å²) < 4.78 is 5.34. The molecule has 0 atom stereocenters. The molecule has 1 fully saturated rings. The standard InChI is InChI=1S/C24H16Cl2N4O6/c25-15-6-8-16(9-7-15)27-21(31)13-36-22-19(26)11-14(12-20(22)30(34)35)10-18-23(32)28-29(24(18)33)17-4-2-1-3-5-17/h1-12H,13H2,(H,27,31)(H,28,32)/b18-10-. The number of hydrogen-bond acceptors (Lipinski definition) is 6. The van der Waals surface area contributed by atoms with E-state index in [1.165, 1.54) is 12.1 Å². The van der Waals surface area contributed by atoms with Crippen molar-refractivity contribution in [3.05, 3.63) is 98.0 Å². The number of ether oxygens (including phenoxy) is 1. The molecule has 12 heteroatoms. The molecule has 3 aromatic rings. The fourth-order valence-electron chi connectivity index (χ4n) is 3.31. The van der Waals surface area contributed by atoms with Crippen LogP contribution in [0.15, 0.2) is 72.3 Å². The summed E-state index contributed by atoms with van der Waals surface area (Å²) in [5, 5.41) is 15.6. The number of carbonyl (C=O) groups excluding carboxylic acids is 3. The van der Waals surface area contributed by atoms with E-state index in [-0.39, 0.29) is 21.9 Å². The van der Waals surface area contributed by atoms with Crippen molar-refractivity contribution in [1.29, 1.82) is 0 Å². The summed E-state index contributed by atoms with van der Waals surface area (Å²) in [5.74, 6) is -2.22. The third kappa shape index (κ3) is 5.45. The first-order valence-corrected chi connectivity index (χ1v) is 11.1. The number of benzene rings is 3. The molecule has 1 saturated heterocycles. The number of para-hydroxylation sites is 1. The van der Waals surface area contributed by atoms with Crippen LogP contribution in [0, 0.1) is 10.1 Å². The summed E-state index contributed by atoms with van der Waals surface area (Å²) in [6.07, 6.45) is 1.19. The summed E-state index contributed by atoms with van der Waals surface area (Å²) in [6, 6.07) is 17.2. The Morgan fingerprint density at radius 2 is 1.78 bits per heavy atom. The Bertz CT molecular complexity index is 1390. The zero-order valence-electron chi connectivity index (χ0n) is 18.2. The number of carbonyl (C=O) groups is 3. The molecule has 2 N–H and O–H groups in total. The minimum Gasteiger partial charge on any atom is -0.476 e. The van der Waals surface area contributed by atoms with Gasteiger partial charge in [-0.3, -0.25) is 29.9 Å². The fraction of sp³-hybridized carbons (Fsp3) is 0.0417. The molecule has 0 unspecified atom stereocenters. The van der Waals surface area contributed by atoms with Gasteiger partial charge in [0.1, 0.15) is 5.57 Å². The summed E-state index contributed by atoms with van der Waals surface area (Å²) in [4.78, 5) is 48.3. The molecule has 1 aliphatic rings. The third-order valence-corrected chi connectivity index (χ3v) is 5.47. The molecule has 3 amide bonds. The van der Waals surface area contributed by atoms with Crippen LogP contribution >= 0.6 is 23.2 Å². The topological polar surface area (TPSA) is 131 Å². The van der Waals surface area contributed by atoms with E-state index in [9.17, 15) is 24.5 Å². The lowest BCUT2D eigenvalue weighted by Gasteiger charge is -2.13. The number of nitrogens with one attached hydrogen (secondary N) is 2. The lowest BCUT2D eigenvalue weighted by molar-refractivity contribution is -0.385. The average Bonchev–Trinajstić information content (AvgIpc) is 3.13. The van der Waals surface area contributed by atoms with Crippen molar-refractivity contribution in [3.63, 3.8) is 0 Å². The van der Waals surface area contributed by atoms with Gasteiger partial charge in [-0.2, -0.15) is 0 Å². The van der Waals surface area contributed by atoms with Gasteiger partial charge in [-0.25, -0.2) is 5.01 Å². The molecule has 0 aliphatic carbocycles. The summed E-state index contributed by atoms with van der Waals surface area (Å²) in [7, 11) is 0. The minimum atomic E-state index is -0.743. The number of nitro groups is 1. The molecule has 0 saturated carbocycles. The molecule has 4 rings (SSSR count). The number of nitro benzene ring substituents is 1. The van der Waals surface area contributed by atoms with Crippen LogP contribution in [0.1, 0.15) is 5.56 Å². The molecular weight excluding hydrogens is 511 g/mol. The van der Waals surface area contributed by atoms with Crippen LogP contribution in [0.3, 0.4) is 0 Å². The Labute approximate surface area is 214 Å². The Morgan fingerprint density at radius 1 is 1.08 bits per heavy atom. The Morgan fingerprint density at radius 3 is 2.44 bits per heavy atom. The van der Waals surface area contributed by atoms with Crippen LogP contribution < -0.4 is 20.5 Å². The first-order chi connectivity index (χ1) is 17.2. The van der Waals surface area contributed by atoms with Gasteiger partial charge in [-0.15, -0.1) is 0 Å². The monoisotopic (exact) mass is 526 g/mol. The Hall–Kier alpha value is -4.41. The second-order valence-corrected chi connectivity index (χ2v) is 8.27. The number of hydrazine groups is 1. The number of halogens is 2. The van der Waals surface area contributed by atoms with Gasteiger partial charge in [0.05, 0.1) is 15.6 Å². The van der Waals surface area contributed by atoms with E-state index in [0.717, 1.165) is 11.1 Å². The SMILES string of the molecule is O=C(COc1c(Cl)cc(/C=C2/C(=O)NN(c3ccccc3)C2=O)cc1[N+](=O)[O-])Nc1ccc(Cl)cc1. The van der Waals surface area contributed by atoms with Crippen molar-refractivity contribution < 1.29 is 24.0 Å². The van der Waals surface area contributed by atoms with Crippen LogP contribution in [0.4, 0.5) is 17.1 Å². The molecule has 0 bridgehead atoms. The Balaban J connectivity index is 1.54. The zero-order valence-corrected chi connectivity index (χ0v) is 19.7. The summed E-state index contributed by atoms with van der Waals surface area (Å²) in [5.41, 5.74) is 2.69. The quantitative estimate of drug-likeness (QED) is 0.203. The normalized spacial score (nSPS) is 14.1. The molecule has 0 radical (unpaired) electrons. The predicted octanol–water partition coefficient (Wildman–Crippen LogP) is 4.38. The van der Waals surface area contributed by atoms with Crippen molar-refractivity contribution in [2.24, 2.45) is 0 Å². The first kappa shape index (κ1) is 24.7. The van der Waals surface area contributed by atoms with Gasteiger partial charge in [-0.05, 0) is 54.1 Å². The van der Waals surface area contributed by atoms with Gasteiger partial charge in [0.15, 0.2) is 6.61 Å². The minimum absolute atomic E-state index is 0.123. The molecule has 10 nitrogen and oxygen atoms in total. The van der Waals surface area contributed by atoms with E-state index in [2.05, 4.69) is 10.7 Å². The zero-order chi connectivity index (χ0) is 25.8. The molecule has 0 aromatic heterocycles. The maximum absolute atomic E-state index is 12.8. The maximum Gasteiger partial charge on any atom is 0.313 e. The van der Waals surface area contributed by atoms with Crippen molar-refractivity contribution >= 4 is 64.1 Å². The first-order valence-electron chi connectivity index (χ1n) is 10.3. The van der Waals surface area contributed by atoms with E-state index < -0.39 is 34.9 Å². The van der Waals surface area contributed by atoms with Crippen molar-refractivity contribution in [2.45, 2.75) is 0 Å². The van der Waals surface area contributed by atoms with E-state index in [1.807, 2.05) is 0 Å². The largest absolute Gasteiger partial charge is 0.476 e. The third-order valence-electron chi connectivity index (χ3n) is 4.94. The average molecular weight is 527 g/mol. The van der Waals surface area contributed by atoms with Gasteiger partial charge in [0.25, 0.3) is 17.7 Å². The van der Waals surface area contributed by atoms with Crippen LogP contribution in [0.5, 0.6) is 5.75 Å². The lowest BCUT2D eigenvalue weighted by Crippen LogP contribution is -2.35. The van der Waals surface area contributed by atoms with E-state index in [4.69, 9.17) is 27.9 Å². The highest BCUT2D eigenvalue weighted by Crippen LogP contribution is 2.37. The van der Waals surface area contributed by atoms with Gasteiger partial charge in [-0.1, -0.05) is 41.4 Å². The fourth-order valence-corrected chi connectivity index (χ4v) is 3.72. The molecule has 1 heterocycles. The van der Waals surface area contributed by atoms with Gasteiger partial charge in [0.2, 0.25) is 5.75 Å². The van der Waals surface area contributed by atoms with Crippen molar-refractivity contribution in [3.8, 4) is 5.75 Å². The predicted molar refractivity (Wildman–Crippen MR) is 134 cm³/mol. The van der Waals surface area contributed by atoms with Crippen molar-refractivity contribution in [2.75, 3.05) is 16.9 Å².